The van der Waals surface area contributed by atoms with Gasteiger partial charge >= 0.3 is 6.09 Å². The van der Waals surface area contributed by atoms with Crippen molar-refractivity contribution in [2.24, 2.45) is 5.92 Å². The molecule has 0 aliphatic carbocycles. The lowest BCUT2D eigenvalue weighted by molar-refractivity contribution is -0.118. The minimum absolute atomic E-state index is 0.110. The summed E-state index contributed by atoms with van der Waals surface area (Å²) in [4.78, 5) is 29.7. The van der Waals surface area contributed by atoms with E-state index in [1.54, 1.807) is 18.0 Å². The number of ketones is 1. The van der Waals surface area contributed by atoms with Crippen LogP contribution >= 0.6 is 11.8 Å². The number of unbranched alkanes of at least 4 members (excludes halogenated alkanes) is 1. The maximum Gasteiger partial charge on any atom is 0.407 e. The van der Waals surface area contributed by atoms with Gasteiger partial charge in [-0.25, -0.2) is 4.79 Å². The Hall–Kier alpha value is -2.38. The Kier molecular flexibility index (Phi) is 13.3. The highest BCUT2D eigenvalue weighted by molar-refractivity contribution is 7.99. The third-order valence-corrected chi connectivity index (χ3v) is 6.35. The predicted molar refractivity (Wildman–Crippen MR) is 140 cm³/mol. The molecule has 0 aliphatic rings. The molecule has 0 saturated carbocycles. The molecule has 7 heteroatoms. The maximum atomic E-state index is 12.9. The third-order valence-electron chi connectivity index (χ3n) is 5.36. The van der Waals surface area contributed by atoms with Gasteiger partial charge in [-0.15, -0.1) is 11.8 Å². The van der Waals surface area contributed by atoms with Crippen molar-refractivity contribution in [1.82, 2.24) is 15.6 Å². The number of Topliss-reactive ketones (excluding diaryl/α,β-unsaturated/α-hetero) is 1. The number of rotatable bonds is 16. The summed E-state index contributed by atoms with van der Waals surface area (Å²) >= 11 is 1.59. The van der Waals surface area contributed by atoms with E-state index < -0.39 is 6.09 Å². The summed E-state index contributed by atoms with van der Waals surface area (Å²) < 4.78 is 5.40. The van der Waals surface area contributed by atoms with Crippen molar-refractivity contribution in [2.45, 2.75) is 70.9 Å². The highest BCUT2D eigenvalue weighted by atomic mass is 32.2. The van der Waals surface area contributed by atoms with Crippen LogP contribution in [0.4, 0.5) is 4.79 Å². The zero-order valence-corrected chi connectivity index (χ0v) is 21.5. The average molecular weight is 486 g/mol. The zero-order chi connectivity index (χ0) is 24.6. The van der Waals surface area contributed by atoms with Crippen molar-refractivity contribution in [2.75, 3.05) is 12.3 Å². The van der Waals surface area contributed by atoms with E-state index in [9.17, 15) is 9.59 Å². The second kappa shape index (κ2) is 16.3. The van der Waals surface area contributed by atoms with Gasteiger partial charge in [0.1, 0.15) is 6.61 Å². The van der Waals surface area contributed by atoms with Crippen molar-refractivity contribution in [1.29, 1.82) is 0 Å². The molecule has 1 amide bonds. The first-order valence-corrected chi connectivity index (χ1v) is 13.3. The molecule has 1 aromatic carbocycles. The van der Waals surface area contributed by atoms with Gasteiger partial charge in [-0.1, -0.05) is 70.0 Å². The number of benzene rings is 1. The molecular weight excluding hydrogens is 446 g/mol. The molecule has 2 atom stereocenters. The summed E-state index contributed by atoms with van der Waals surface area (Å²) in [6.45, 7) is 7.14. The van der Waals surface area contributed by atoms with Crippen molar-refractivity contribution in [3.63, 3.8) is 0 Å². The lowest BCUT2D eigenvalue weighted by Crippen LogP contribution is -2.48. The van der Waals surface area contributed by atoms with Gasteiger partial charge in [0.15, 0.2) is 5.78 Å². The molecule has 0 saturated heterocycles. The maximum absolute atomic E-state index is 12.9. The lowest BCUT2D eigenvalue weighted by Gasteiger charge is -2.24. The predicted octanol–water partition coefficient (Wildman–Crippen LogP) is 5.37. The van der Waals surface area contributed by atoms with E-state index in [4.69, 9.17) is 4.74 Å². The first-order chi connectivity index (χ1) is 16.5. The fourth-order valence-corrected chi connectivity index (χ4v) is 4.49. The molecule has 2 unspecified atom stereocenters. The minimum Gasteiger partial charge on any atom is -0.445 e. The zero-order valence-electron chi connectivity index (χ0n) is 20.7. The number of ether oxygens (including phenoxy) is 1. The number of amides is 1. The van der Waals surface area contributed by atoms with E-state index in [1.165, 1.54) is 0 Å². The number of carbonyl (C=O) groups is 2. The van der Waals surface area contributed by atoms with Crippen LogP contribution < -0.4 is 10.6 Å². The van der Waals surface area contributed by atoms with E-state index >= 15 is 0 Å². The molecule has 2 rings (SSSR count). The number of pyridine rings is 1. The summed E-state index contributed by atoms with van der Waals surface area (Å²) in [6, 6.07) is 15.1. The van der Waals surface area contributed by atoms with Gasteiger partial charge in [0.05, 0.1) is 17.5 Å². The first kappa shape index (κ1) is 27.9. The van der Waals surface area contributed by atoms with E-state index in [2.05, 4.69) is 36.4 Å². The fraction of sp³-hybridized carbons (Fsp3) is 0.519. The van der Waals surface area contributed by atoms with Crippen LogP contribution in [0, 0.1) is 5.92 Å². The molecule has 0 spiro atoms. The van der Waals surface area contributed by atoms with Crippen LogP contribution in [0.15, 0.2) is 54.7 Å². The van der Waals surface area contributed by atoms with Gasteiger partial charge in [0.25, 0.3) is 0 Å². The Morgan fingerprint density at radius 3 is 2.53 bits per heavy atom. The molecular formula is C27H39N3O3S. The van der Waals surface area contributed by atoms with Crippen LogP contribution in [0.25, 0.3) is 0 Å². The Balaban J connectivity index is 1.85. The van der Waals surface area contributed by atoms with Crippen LogP contribution in [0.5, 0.6) is 0 Å². The standard InChI is InChI=1S/C27H39N3O3S/c1-4-5-14-25(26(31)20-34-19-23-13-9-10-15-28-23)29-17-24(16-21(2)3)30-27(32)33-18-22-11-7-6-8-12-22/h6-13,15,21,24-25,29H,4-5,14,16-20H2,1-3H3,(H,30,32). The highest BCUT2D eigenvalue weighted by Crippen LogP contribution is 2.13. The fourth-order valence-electron chi connectivity index (χ4n) is 3.60. The second-order valence-corrected chi connectivity index (χ2v) is 9.90. The molecule has 1 heterocycles. The Bertz CT molecular complexity index is 834. The minimum atomic E-state index is -0.432. The van der Waals surface area contributed by atoms with Crippen LogP contribution in [0.3, 0.4) is 0 Å². The van der Waals surface area contributed by atoms with Crippen molar-refractivity contribution in [3.05, 3.63) is 66.0 Å². The third kappa shape index (κ3) is 11.7. The molecule has 1 aromatic heterocycles. The largest absolute Gasteiger partial charge is 0.445 e. The molecule has 0 aliphatic heterocycles. The summed E-state index contributed by atoms with van der Waals surface area (Å²) in [6.07, 6.45) is 4.96. The van der Waals surface area contributed by atoms with E-state index in [0.717, 1.165) is 42.7 Å². The van der Waals surface area contributed by atoms with Gasteiger partial charge in [-0.2, -0.15) is 0 Å². The Morgan fingerprint density at radius 2 is 1.85 bits per heavy atom. The van der Waals surface area contributed by atoms with E-state index in [0.29, 0.717) is 18.2 Å². The summed E-state index contributed by atoms with van der Waals surface area (Å²) in [7, 11) is 0. The molecule has 0 fully saturated rings. The van der Waals surface area contributed by atoms with Crippen LogP contribution in [-0.2, 0) is 21.9 Å². The Labute approximate surface area is 208 Å². The van der Waals surface area contributed by atoms with Crippen molar-refractivity contribution < 1.29 is 14.3 Å². The summed E-state index contributed by atoms with van der Waals surface area (Å²) in [5, 5.41) is 6.42. The summed E-state index contributed by atoms with van der Waals surface area (Å²) in [5.74, 6) is 1.77. The van der Waals surface area contributed by atoms with Crippen LogP contribution in [-0.4, -0.2) is 41.2 Å². The van der Waals surface area contributed by atoms with Crippen molar-refractivity contribution in [3.8, 4) is 0 Å². The number of nitrogens with one attached hydrogen (secondary N) is 2. The van der Waals surface area contributed by atoms with Gasteiger partial charge in [0.2, 0.25) is 0 Å². The lowest BCUT2D eigenvalue weighted by atomic mass is 10.0. The molecule has 2 aromatic rings. The van der Waals surface area contributed by atoms with Gasteiger partial charge < -0.3 is 15.4 Å². The van der Waals surface area contributed by atoms with E-state index in [1.807, 2.05) is 48.5 Å². The topological polar surface area (TPSA) is 80.3 Å². The quantitative estimate of drug-likeness (QED) is 0.333. The molecule has 2 N–H and O–H groups in total. The summed E-state index contributed by atoms with van der Waals surface area (Å²) in [5.41, 5.74) is 1.93. The van der Waals surface area contributed by atoms with Crippen molar-refractivity contribution >= 4 is 23.6 Å². The molecule has 34 heavy (non-hydrogen) atoms. The molecule has 0 bridgehead atoms. The number of carbonyl (C=O) groups excluding carboxylic acids is 2. The normalized spacial score (nSPS) is 12.8. The van der Waals surface area contributed by atoms with Crippen LogP contribution in [0.1, 0.15) is 57.7 Å². The van der Waals surface area contributed by atoms with Gasteiger partial charge in [0, 0.05) is 24.5 Å². The number of aromatic nitrogens is 1. The first-order valence-electron chi connectivity index (χ1n) is 12.2. The average Bonchev–Trinajstić information content (AvgIpc) is 2.83. The van der Waals surface area contributed by atoms with Gasteiger partial charge in [-0.3, -0.25) is 9.78 Å². The molecule has 6 nitrogen and oxygen atoms in total. The number of thioether (sulfide) groups is 1. The van der Waals surface area contributed by atoms with E-state index in [-0.39, 0.29) is 24.5 Å². The van der Waals surface area contributed by atoms with Gasteiger partial charge in [-0.05, 0) is 36.5 Å². The molecule has 0 radical (unpaired) electrons. The van der Waals surface area contributed by atoms with Crippen LogP contribution in [0.2, 0.25) is 0 Å². The Morgan fingerprint density at radius 1 is 1.09 bits per heavy atom. The highest BCUT2D eigenvalue weighted by Gasteiger charge is 2.21. The SMILES string of the molecule is CCCCC(NCC(CC(C)C)NC(=O)OCc1ccccc1)C(=O)CSCc1ccccn1. The second-order valence-electron chi connectivity index (χ2n) is 8.92. The molecule has 186 valence electrons. The smallest absolute Gasteiger partial charge is 0.407 e. The number of alkyl carbamates (subject to hydrolysis) is 1. The monoisotopic (exact) mass is 485 g/mol. The number of hydrogen-bond donors (Lipinski definition) is 2. The number of hydrogen-bond acceptors (Lipinski definition) is 6. The number of nitrogens with zero attached hydrogens (tertiary/aromatic N) is 1.